The van der Waals surface area contributed by atoms with E-state index in [0.717, 1.165) is 15.5 Å². The number of carbonyl (C=O) groups is 1. The normalized spacial score (nSPS) is 12.0. The van der Waals surface area contributed by atoms with Crippen molar-refractivity contribution in [3.8, 4) is 0 Å². The summed E-state index contributed by atoms with van der Waals surface area (Å²) in [6, 6.07) is 7.34. The molecule has 5 nitrogen and oxygen atoms in total. The largest absolute Gasteiger partial charge is 0.480 e. The maximum Gasteiger partial charge on any atom is 0.323 e. The Hall–Kier alpha value is -1.99. The first-order valence-corrected chi connectivity index (χ1v) is 10.9. The van der Waals surface area contributed by atoms with E-state index >= 15 is 0 Å². The highest BCUT2D eigenvalue weighted by molar-refractivity contribution is 8.01. The number of fused-ring (bicyclic) bond motifs is 2. The Bertz CT molecular complexity index is 1110. The number of aliphatic carboxylic acids is 1. The van der Waals surface area contributed by atoms with Gasteiger partial charge in [0.05, 0.1) is 10.9 Å². The fraction of sp³-hybridized carbons (Fsp3) is 0.350. The van der Waals surface area contributed by atoms with E-state index in [1.807, 2.05) is 45.4 Å². The number of aromatic nitrogens is 2. The molecule has 27 heavy (non-hydrogen) atoms. The molecular formula is C20H22N2O3S2. The Morgan fingerprint density at radius 3 is 2.33 bits per heavy atom. The van der Waals surface area contributed by atoms with Gasteiger partial charge in [0.2, 0.25) is 0 Å². The summed E-state index contributed by atoms with van der Waals surface area (Å²) in [4.78, 5) is 31.4. The molecule has 0 amide bonds. The molecule has 0 bridgehead atoms. The monoisotopic (exact) mass is 402 g/mol. The van der Waals surface area contributed by atoms with Gasteiger partial charge in [-0.2, -0.15) is 0 Å². The molecule has 0 aliphatic heterocycles. The molecule has 0 fully saturated rings. The van der Waals surface area contributed by atoms with Gasteiger partial charge in [0.15, 0.2) is 5.43 Å². The molecule has 2 aromatic heterocycles. The molecule has 0 atom stereocenters. The van der Waals surface area contributed by atoms with Gasteiger partial charge < -0.3 is 9.67 Å². The molecule has 1 N–H and O–H groups in total. The lowest BCUT2D eigenvalue weighted by atomic mass is 9.91. The van der Waals surface area contributed by atoms with Crippen molar-refractivity contribution in [3.05, 3.63) is 40.2 Å². The SMILES string of the molecule is CSc1ccc2c(=O)c3ccc(C(C)(C)C)nc3n(CC(=O)O)c2c1SC. The van der Waals surface area contributed by atoms with Gasteiger partial charge in [-0.15, -0.1) is 23.5 Å². The van der Waals surface area contributed by atoms with E-state index in [-0.39, 0.29) is 17.4 Å². The average Bonchev–Trinajstić information content (AvgIpc) is 2.62. The number of thioether (sulfide) groups is 2. The van der Waals surface area contributed by atoms with Gasteiger partial charge in [-0.05, 0) is 36.8 Å². The molecule has 0 aliphatic carbocycles. The summed E-state index contributed by atoms with van der Waals surface area (Å²) >= 11 is 3.09. The van der Waals surface area contributed by atoms with E-state index in [9.17, 15) is 14.7 Å². The molecule has 0 saturated heterocycles. The van der Waals surface area contributed by atoms with Crippen LogP contribution in [-0.2, 0) is 16.8 Å². The highest BCUT2D eigenvalue weighted by Crippen LogP contribution is 2.35. The van der Waals surface area contributed by atoms with E-state index < -0.39 is 5.97 Å². The first-order valence-electron chi connectivity index (χ1n) is 8.49. The Labute approximate surface area is 166 Å². The minimum Gasteiger partial charge on any atom is -0.480 e. The number of nitrogens with zero attached hydrogens (tertiary/aromatic N) is 2. The minimum atomic E-state index is -0.967. The van der Waals surface area contributed by atoms with Crippen LogP contribution >= 0.6 is 23.5 Å². The van der Waals surface area contributed by atoms with Crippen molar-refractivity contribution in [2.24, 2.45) is 0 Å². The molecule has 0 unspecified atom stereocenters. The lowest BCUT2D eigenvalue weighted by Crippen LogP contribution is -2.20. The average molecular weight is 403 g/mol. The minimum absolute atomic E-state index is 0.113. The molecule has 0 saturated carbocycles. The van der Waals surface area contributed by atoms with Crippen LogP contribution in [0.1, 0.15) is 26.5 Å². The Kier molecular flexibility index (Phi) is 5.27. The van der Waals surface area contributed by atoms with E-state index in [2.05, 4.69) is 0 Å². The van der Waals surface area contributed by atoms with E-state index in [1.54, 1.807) is 28.5 Å². The Morgan fingerprint density at radius 1 is 1.11 bits per heavy atom. The summed E-state index contributed by atoms with van der Waals surface area (Å²) in [5, 5.41) is 10.5. The summed E-state index contributed by atoms with van der Waals surface area (Å²) in [5.41, 5.74) is 1.57. The zero-order valence-corrected chi connectivity index (χ0v) is 17.6. The third-order valence-electron chi connectivity index (χ3n) is 4.47. The lowest BCUT2D eigenvalue weighted by Gasteiger charge is -2.21. The number of hydrogen-bond acceptors (Lipinski definition) is 5. The van der Waals surface area contributed by atoms with Crippen molar-refractivity contribution in [3.63, 3.8) is 0 Å². The molecule has 0 spiro atoms. The summed E-state index contributed by atoms with van der Waals surface area (Å²) in [5.74, 6) is -0.967. The van der Waals surface area contributed by atoms with E-state index in [0.29, 0.717) is 21.9 Å². The predicted molar refractivity (Wildman–Crippen MR) is 113 cm³/mol. The molecule has 3 aromatic rings. The molecule has 1 aromatic carbocycles. The van der Waals surface area contributed by atoms with E-state index in [4.69, 9.17) is 4.98 Å². The van der Waals surface area contributed by atoms with Crippen molar-refractivity contribution in [1.82, 2.24) is 9.55 Å². The van der Waals surface area contributed by atoms with Crippen LogP contribution in [0, 0.1) is 0 Å². The topological polar surface area (TPSA) is 72.2 Å². The number of benzene rings is 1. The molecule has 142 valence electrons. The number of hydrogen-bond donors (Lipinski definition) is 1. The number of pyridine rings is 2. The molecule has 3 rings (SSSR count). The van der Waals surface area contributed by atoms with Crippen LogP contribution in [0.3, 0.4) is 0 Å². The molecule has 0 aliphatic rings. The van der Waals surface area contributed by atoms with Gasteiger partial charge in [-0.1, -0.05) is 20.8 Å². The molecular weight excluding hydrogens is 380 g/mol. The van der Waals surface area contributed by atoms with Crippen LogP contribution in [0.5, 0.6) is 0 Å². The predicted octanol–water partition coefficient (Wildman–Crippen LogP) is 4.38. The smallest absolute Gasteiger partial charge is 0.323 e. The Morgan fingerprint density at radius 2 is 1.78 bits per heavy atom. The van der Waals surface area contributed by atoms with Gasteiger partial charge in [-0.3, -0.25) is 9.59 Å². The second kappa shape index (κ2) is 7.20. The van der Waals surface area contributed by atoms with Crippen molar-refractivity contribution < 1.29 is 9.90 Å². The quantitative estimate of drug-likeness (QED) is 0.516. The highest BCUT2D eigenvalue weighted by atomic mass is 32.2. The van der Waals surface area contributed by atoms with Crippen LogP contribution in [-0.4, -0.2) is 33.1 Å². The van der Waals surface area contributed by atoms with Crippen LogP contribution in [0.25, 0.3) is 21.9 Å². The summed E-state index contributed by atoms with van der Waals surface area (Å²) in [6.45, 7) is 5.88. The zero-order chi connectivity index (χ0) is 19.9. The molecule has 0 radical (unpaired) electrons. The maximum absolute atomic E-state index is 13.1. The van der Waals surface area contributed by atoms with Crippen LogP contribution in [0.15, 0.2) is 38.9 Å². The number of carboxylic acid groups (broad SMARTS) is 1. The van der Waals surface area contributed by atoms with Gasteiger partial charge in [0.25, 0.3) is 0 Å². The number of carboxylic acids is 1. The van der Waals surface area contributed by atoms with Crippen LogP contribution in [0.2, 0.25) is 0 Å². The fourth-order valence-corrected chi connectivity index (χ4v) is 4.82. The second-order valence-electron chi connectivity index (χ2n) is 7.32. The third kappa shape index (κ3) is 3.46. The first-order chi connectivity index (χ1) is 12.7. The van der Waals surface area contributed by atoms with Crippen LogP contribution < -0.4 is 5.43 Å². The van der Waals surface area contributed by atoms with Crippen molar-refractivity contribution >= 4 is 51.4 Å². The number of rotatable bonds is 4. The standard InChI is InChI=1S/C20H22N2O3S2/c1-20(2,3)14-9-7-12-17(25)11-6-8-13(26-4)18(27-5)16(11)22(10-15(23)24)19(12)21-14/h6-9H,10H2,1-5H3,(H,23,24). The zero-order valence-electron chi connectivity index (χ0n) is 16.0. The maximum atomic E-state index is 13.1. The van der Waals surface area contributed by atoms with E-state index in [1.165, 1.54) is 11.8 Å². The van der Waals surface area contributed by atoms with Gasteiger partial charge in [0.1, 0.15) is 12.2 Å². The second-order valence-corrected chi connectivity index (χ2v) is 8.99. The van der Waals surface area contributed by atoms with Gasteiger partial charge in [0, 0.05) is 26.3 Å². The molecule has 2 heterocycles. The van der Waals surface area contributed by atoms with Crippen molar-refractivity contribution in [2.75, 3.05) is 12.5 Å². The summed E-state index contributed by atoms with van der Waals surface area (Å²) in [6.07, 6.45) is 3.91. The van der Waals surface area contributed by atoms with Gasteiger partial charge >= 0.3 is 5.97 Å². The summed E-state index contributed by atoms with van der Waals surface area (Å²) in [7, 11) is 0. The van der Waals surface area contributed by atoms with Crippen LogP contribution in [0.4, 0.5) is 0 Å². The highest BCUT2D eigenvalue weighted by Gasteiger charge is 2.21. The van der Waals surface area contributed by atoms with Crippen molar-refractivity contribution in [1.29, 1.82) is 0 Å². The summed E-state index contributed by atoms with van der Waals surface area (Å²) < 4.78 is 1.68. The lowest BCUT2D eigenvalue weighted by molar-refractivity contribution is -0.137. The third-order valence-corrected chi connectivity index (χ3v) is 6.20. The van der Waals surface area contributed by atoms with Gasteiger partial charge in [-0.25, -0.2) is 4.98 Å². The van der Waals surface area contributed by atoms with Crippen molar-refractivity contribution in [2.45, 2.75) is 42.5 Å². The fourth-order valence-electron chi connectivity index (χ4n) is 3.15. The first kappa shape index (κ1) is 19.8. The Balaban J connectivity index is 2.59. The molecule has 7 heteroatoms.